The Morgan fingerprint density at radius 1 is 1.24 bits per heavy atom. The average Bonchev–Trinajstić information content (AvgIpc) is 3.15. The summed E-state index contributed by atoms with van der Waals surface area (Å²) in [6.07, 6.45) is 6.99. The monoisotopic (exact) mass is 327 g/mol. The van der Waals surface area contributed by atoms with Crippen molar-refractivity contribution in [1.29, 1.82) is 0 Å². The summed E-state index contributed by atoms with van der Waals surface area (Å²) in [4.78, 5) is 12.1. The molecule has 2 atom stereocenters. The first kappa shape index (κ1) is 16.1. The van der Waals surface area contributed by atoms with Gasteiger partial charge in [0.05, 0.1) is 11.7 Å². The number of halogens is 2. The first-order valence-electron chi connectivity index (χ1n) is 6.88. The van der Waals surface area contributed by atoms with E-state index in [4.69, 9.17) is 0 Å². The van der Waals surface area contributed by atoms with Crippen molar-refractivity contribution in [2.24, 2.45) is 5.92 Å². The minimum atomic E-state index is 0. The number of aromatic amines is 1. The van der Waals surface area contributed by atoms with Crippen LogP contribution in [0.2, 0.25) is 0 Å². The molecule has 2 N–H and O–H groups in total. The Bertz CT molecular complexity index is 735. The lowest BCUT2D eigenvalue weighted by Gasteiger charge is -2.16. The standard InChI is InChI=1S/C14H17N5.2ClH/c1-2-9-5-15-6-10(9)12-7-17-13-8-18-14-11(19(12)13)3-4-16-14;;/h3-4,7-10,15-16H,2,5-6H2,1H3;2*1H/t9-,10-;;/m1../s1. The van der Waals surface area contributed by atoms with Gasteiger partial charge in [0, 0.05) is 30.6 Å². The zero-order valence-electron chi connectivity index (χ0n) is 11.7. The molecule has 0 unspecified atom stereocenters. The van der Waals surface area contributed by atoms with Gasteiger partial charge in [-0.1, -0.05) is 13.3 Å². The zero-order valence-corrected chi connectivity index (χ0v) is 13.4. The number of fused-ring (bicyclic) bond motifs is 3. The normalized spacial score (nSPS) is 21.4. The van der Waals surface area contributed by atoms with E-state index in [1.54, 1.807) is 0 Å². The van der Waals surface area contributed by atoms with Gasteiger partial charge in [0.15, 0.2) is 11.3 Å². The number of imidazole rings is 1. The summed E-state index contributed by atoms with van der Waals surface area (Å²) in [6.45, 7) is 4.41. The summed E-state index contributed by atoms with van der Waals surface area (Å²) >= 11 is 0. The van der Waals surface area contributed by atoms with Crippen LogP contribution in [0.3, 0.4) is 0 Å². The highest BCUT2D eigenvalue weighted by molar-refractivity contribution is 5.85. The molecule has 0 aliphatic carbocycles. The van der Waals surface area contributed by atoms with Gasteiger partial charge >= 0.3 is 0 Å². The van der Waals surface area contributed by atoms with Crippen LogP contribution in [-0.4, -0.2) is 32.4 Å². The molecule has 0 spiro atoms. The number of rotatable bonds is 2. The predicted octanol–water partition coefficient (Wildman–Crippen LogP) is 2.77. The van der Waals surface area contributed by atoms with Crippen LogP contribution in [0.5, 0.6) is 0 Å². The molecule has 3 aromatic rings. The van der Waals surface area contributed by atoms with E-state index in [-0.39, 0.29) is 24.8 Å². The molecule has 1 aliphatic heterocycles. The Hall–Kier alpha value is -1.30. The average molecular weight is 328 g/mol. The Morgan fingerprint density at radius 2 is 2.10 bits per heavy atom. The SMILES string of the molecule is CC[C@@H]1CNC[C@H]1c1cnc2cnc3[nH]ccc3n12.Cl.Cl. The van der Waals surface area contributed by atoms with Crippen LogP contribution in [0, 0.1) is 5.92 Å². The van der Waals surface area contributed by atoms with Crippen molar-refractivity contribution < 1.29 is 0 Å². The number of H-pyrrole nitrogens is 1. The molecule has 1 aliphatic rings. The molecule has 4 heterocycles. The highest BCUT2D eigenvalue weighted by Gasteiger charge is 2.29. The molecule has 4 rings (SSSR count). The summed E-state index contributed by atoms with van der Waals surface area (Å²) in [7, 11) is 0. The summed E-state index contributed by atoms with van der Waals surface area (Å²) in [5.41, 5.74) is 4.28. The van der Waals surface area contributed by atoms with E-state index >= 15 is 0 Å². The molecule has 114 valence electrons. The number of aromatic nitrogens is 4. The molecular formula is C14H19Cl2N5. The van der Waals surface area contributed by atoms with E-state index < -0.39 is 0 Å². The van der Waals surface area contributed by atoms with Crippen molar-refractivity contribution in [3.05, 3.63) is 30.4 Å². The molecule has 0 saturated carbocycles. The maximum absolute atomic E-state index is 4.52. The summed E-state index contributed by atoms with van der Waals surface area (Å²) < 4.78 is 2.25. The van der Waals surface area contributed by atoms with Crippen LogP contribution < -0.4 is 5.32 Å². The lowest BCUT2D eigenvalue weighted by Crippen LogP contribution is -2.12. The molecule has 5 nitrogen and oxygen atoms in total. The van der Waals surface area contributed by atoms with Crippen molar-refractivity contribution in [2.45, 2.75) is 19.3 Å². The predicted molar refractivity (Wildman–Crippen MR) is 88.7 cm³/mol. The third kappa shape index (κ3) is 2.39. The van der Waals surface area contributed by atoms with Gasteiger partial charge in [-0.3, -0.25) is 4.40 Å². The lowest BCUT2D eigenvalue weighted by molar-refractivity contribution is 0.493. The fraction of sp³-hybridized carbons (Fsp3) is 0.429. The molecule has 7 heteroatoms. The topological polar surface area (TPSA) is 58.0 Å². The molecule has 0 amide bonds. The molecular weight excluding hydrogens is 309 g/mol. The first-order chi connectivity index (χ1) is 9.38. The van der Waals surface area contributed by atoms with Gasteiger partial charge in [-0.15, -0.1) is 24.8 Å². The minimum absolute atomic E-state index is 0. The van der Waals surface area contributed by atoms with Crippen LogP contribution in [0.4, 0.5) is 0 Å². The summed E-state index contributed by atoms with van der Waals surface area (Å²) in [6, 6.07) is 2.07. The molecule has 0 bridgehead atoms. The van der Waals surface area contributed by atoms with E-state index in [1.807, 2.05) is 18.6 Å². The van der Waals surface area contributed by atoms with Crippen LogP contribution >= 0.6 is 24.8 Å². The van der Waals surface area contributed by atoms with Gasteiger partial charge in [0.25, 0.3) is 0 Å². The largest absolute Gasteiger partial charge is 0.345 e. The van der Waals surface area contributed by atoms with Gasteiger partial charge < -0.3 is 10.3 Å². The van der Waals surface area contributed by atoms with Crippen molar-refractivity contribution in [3.63, 3.8) is 0 Å². The number of nitrogens with zero attached hydrogens (tertiary/aromatic N) is 3. The van der Waals surface area contributed by atoms with Crippen LogP contribution in [0.1, 0.15) is 25.0 Å². The van der Waals surface area contributed by atoms with Gasteiger partial charge in [-0.2, -0.15) is 0 Å². The van der Waals surface area contributed by atoms with Crippen molar-refractivity contribution >= 4 is 41.6 Å². The quantitative estimate of drug-likeness (QED) is 0.760. The smallest absolute Gasteiger partial charge is 0.156 e. The summed E-state index contributed by atoms with van der Waals surface area (Å²) in [5, 5.41) is 3.50. The van der Waals surface area contributed by atoms with Crippen molar-refractivity contribution in [2.75, 3.05) is 13.1 Å². The lowest BCUT2D eigenvalue weighted by atomic mass is 9.91. The first-order valence-corrected chi connectivity index (χ1v) is 6.88. The van der Waals surface area contributed by atoms with Crippen molar-refractivity contribution in [1.82, 2.24) is 24.7 Å². The molecule has 21 heavy (non-hydrogen) atoms. The minimum Gasteiger partial charge on any atom is -0.345 e. The van der Waals surface area contributed by atoms with E-state index in [0.29, 0.717) is 11.8 Å². The van der Waals surface area contributed by atoms with E-state index in [0.717, 1.165) is 29.9 Å². The van der Waals surface area contributed by atoms with Gasteiger partial charge in [-0.25, -0.2) is 9.97 Å². The highest BCUT2D eigenvalue weighted by Crippen LogP contribution is 2.31. The molecule has 3 aromatic heterocycles. The third-order valence-electron chi connectivity index (χ3n) is 4.31. The second kappa shape index (κ2) is 6.22. The number of hydrogen-bond acceptors (Lipinski definition) is 3. The van der Waals surface area contributed by atoms with Crippen molar-refractivity contribution in [3.8, 4) is 0 Å². The molecule has 1 fully saturated rings. The van der Waals surface area contributed by atoms with Gasteiger partial charge in [0.1, 0.15) is 0 Å². The van der Waals surface area contributed by atoms with Gasteiger partial charge in [-0.05, 0) is 18.5 Å². The van der Waals surface area contributed by atoms with E-state index in [2.05, 4.69) is 37.7 Å². The Kier molecular flexibility index (Phi) is 4.76. The molecule has 0 radical (unpaired) electrons. The molecule has 0 aromatic carbocycles. The fourth-order valence-electron chi connectivity index (χ4n) is 3.26. The zero-order chi connectivity index (χ0) is 12.8. The van der Waals surface area contributed by atoms with Gasteiger partial charge in [0.2, 0.25) is 0 Å². The maximum Gasteiger partial charge on any atom is 0.156 e. The number of nitrogens with one attached hydrogen (secondary N) is 2. The van der Waals surface area contributed by atoms with Crippen LogP contribution in [0.15, 0.2) is 24.7 Å². The van der Waals surface area contributed by atoms with Crippen LogP contribution in [0.25, 0.3) is 16.8 Å². The Balaban J connectivity index is 0.000000807. The second-order valence-corrected chi connectivity index (χ2v) is 5.28. The van der Waals surface area contributed by atoms with E-state index in [9.17, 15) is 0 Å². The second-order valence-electron chi connectivity index (χ2n) is 5.28. The summed E-state index contributed by atoms with van der Waals surface area (Å²) in [5.74, 6) is 1.24. The number of hydrogen-bond donors (Lipinski definition) is 2. The molecule has 1 saturated heterocycles. The van der Waals surface area contributed by atoms with E-state index in [1.165, 1.54) is 12.1 Å². The maximum atomic E-state index is 4.52. The highest BCUT2D eigenvalue weighted by atomic mass is 35.5. The Morgan fingerprint density at radius 3 is 2.90 bits per heavy atom. The fourth-order valence-corrected chi connectivity index (χ4v) is 3.26. The Labute approximate surface area is 135 Å². The third-order valence-corrected chi connectivity index (χ3v) is 4.31. The van der Waals surface area contributed by atoms with Crippen LogP contribution in [-0.2, 0) is 0 Å².